The SMILES string of the molecule is Bc1ccc(C(C)=O)s1. The fourth-order valence-corrected chi connectivity index (χ4v) is 1.39. The van der Waals surface area contributed by atoms with Gasteiger partial charge in [-0.15, -0.1) is 11.3 Å². The van der Waals surface area contributed by atoms with Gasteiger partial charge in [0.05, 0.1) is 4.88 Å². The van der Waals surface area contributed by atoms with E-state index in [0.29, 0.717) is 0 Å². The standard InChI is InChI=1S/C6H7BOS/c1-4(8)5-2-3-6(7)9-5/h2-3H,7H2,1H3. The van der Waals surface area contributed by atoms with Crippen molar-refractivity contribution in [3.8, 4) is 0 Å². The highest BCUT2D eigenvalue weighted by atomic mass is 32.1. The van der Waals surface area contributed by atoms with E-state index in [1.54, 1.807) is 18.3 Å². The molecular weight excluding hydrogens is 131 g/mol. The van der Waals surface area contributed by atoms with Gasteiger partial charge in [0.2, 0.25) is 0 Å². The summed E-state index contributed by atoms with van der Waals surface area (Å²) < 4.78 is 1.19. The van der Waals surface area contributed by atoms with E-state index < -0.39 is 0 Å². The van der Waals surface area contributed by atoms with Crippen LogP contribution in [0.2, 0.25) is 0 Å². The maximum Gasteiger partial charge on any atom is 0.169 e. The molecule has 0 atom stereocenters. The van der Waals surface area contributed by atoms with Gasteiger partial charge in [0.1, 0.15) is 0 Å². The molecule has 0 aliphatic carbocycles. The first-order valence-electron chi connectivity index (χ1n) is 2.77. The zero-order valence-corrected chi connectivity index (χ0v) is 6.29. The summed E-state index contributed by atoms with van der Waals surface area (Å²) in [6.07, 6.45) is 0. The summed E-state index contributed by atoms with van der Waals surface area (Å²) in [4.78, 5) is 11.5. The van der Waals surface area contributed by atoms with Crippen molar-refractivity contribution in [3.63, 3.8) is 0 Å². The zero-order chi connectivity index (χ0) is 6.85. The summed E-state index contributed by atoms with van der Waals surface area (Å²) in [5.74, 6) is 0.160. The van der Waals surface area contributed by atoms with Gasteiger partial charge < -0.3 is 0 Å². The molecule has 0 bridgehead atoms. The molecule has 1 aromatic rings. The van der Waals surface area contributed by atoms with Crippen LogP contribution in [0, 0.1) is 0 Å². The van der Waals surface area contributed by atoms with Crippen LogP contribution in [0.15, 0.2) is 12.1 Å². The molecule has 1 rings (SSSR count). The third-order valence-electron chi connectivity index (χ3n) is 1.09. The lowest BCUT2D eigenvalue weighted by Gasteiger charge is -1.81. The second-order valence-corrected chi connectivity index (χ2v) is 3.25. The molecule has 1 heterocycles. The summed E-state index contributed by atoms with van der Waals surface area (Å²) in [5, 5.41) is 0. The Bertz CT molecular complexity index is 229. The molecule has 1 nitrogen and oxygen atoms in total. The van der Waals surface area contributed by atoms with E-state index in [1.807, 2.05) is 20.0 Å². The summed E-state index contributed by atoms with van der Waals surface area (Å²) in [6.45, 7) is 1.59. The van der Waals surface area contributed by atoms with Crippen LogP contribution in [-0.4, -0.2) is 13.6 Å². The molecule has 0 N–H and O–H groups in total. The molecule has 0 aromatic carbocycles. The minimum absolute atomic E-state index is 0.160. The third-order valence-corrected chi connectivity index (χ3v) is 2.19. The van der Waals surface area contributed by atoms with Crippen molar-refractivity contribution in [3.05, 3.63) is 17.0 Å². The quantitative estimate of drug-likeness (QED) is 0.400. The number of hydrogen-bond donors (Lipinski definition) is 0. The largest absolute Gasteiger partial charge is 0.294 e. The molecule has 0 unspecified atom stereocenters. The molecule has 0 saturated heterocycles. The van der Waals surface area contributed by atoms with Gasteiger partial charge in [-0.1, -0.05) is 6.07 Å². The predicted octanol–water partition coefficient (Wildman–Crippen LogP) is 0.209. The molecule has 0 aliphatic rings. The highest BCUT2D eigenvalue weighted by Gasteiger charge is 1.99. The molecule has 0 spiro atoms. The average Bonchev–Trinajstić information content (AvgIpc) is 2.14. The van der Waals surface area contributed by atoms with Crippen LogP contribution in [0.3, 0.4) is 0 Å². The zero-order valence-electron chi connectivity index (χ0n) is 5.47. The highest BCUT2D eigenvalue weighted by molar-refractivity contribution is 7.21. The van der Waals surface area contributed by atoms with Crippen molar-refractivity contribution < 1.29 is 4.79 Å². The minimum atomic E-state index is 0.160. The van der Waals surface area contributed by atoms with E-state index >= 15 is 0 Å². The van der Waals surface area contributed by atoms with E-state index in [9.17, 15) is 4.79 Å². The normalized spacial score (nSPS) is 9.44. The van der Waals surface area contributed by atoms with Gasteiger partial charge in [-0.25, -0.2) is 0 Å². The van der Waals surface area contributed by atoms with Gasteiger partial charge in [-0.3, -0.25) is 4.79 Å². The maximum atomic E-state index is 10.7. The van der Waals surface area contributed by atoms with Crippen molar-refractivity contribution in [1.29, 1.82) is 0 Å². The van der Waals surface area contributed by atoms with Crippen molar-refractivity contribution in [1.82, 2.24) is 0 Å². The Morgan fingerprint density at radius 3 is 2.56 bits per heavy atom. The Labute approximate surface area is 59.1 Å². The molecule has 0 aliphatic heterocycles. The van der Waals surface area contributed by atoms with Crippen molar-refractivity contribution in [2.24, 2.45) is 0 Å². The van der Waals surface area contributed by atoms with Crippen LogP contribution in [0.5, 0.6) is 0 Å². The number of thiophene rings is 1. The van der Waals surface area contributed by atoms with Crippen LogP contribution < -0.4 is 4.78 Å². The number of hydrogen-bond acceptors (Lipinski definition) is 2. The highest BCUT2D eigenvalue weighted by Crippen LogP contribution is 2.04. The number of ketones is 1. The van der Waals surface area contributed by atoms with Gasteiger partial charge >= 0.3 is 0 Å². The topological polar surface area (TPSA) is 17.1 Å². The van der Waals surface area contributed by atoms with Gasteiger partial charge in [0.25, 0.3) is 0 Å². The van der Waals surface area contributed by atoms with E-state index in [0.717, 1.165) is 4.88 Å². The van der Waals surface area contributed by atoms with Crippen LogP contribution in [-0.2, 0) is 0 Å². The van der Waals surface area contributed by atoms with Crippen LogP contribution >= 0.6 is 11.3 Å². The second-order valence-electron chi connectivity index (χ2n) is 1.97. The molecule has 0 saturated carbocycles. The number of carbonyl (C=O) groups is 1. The van der Waals surface area contributed by atoms with Crippen LogP contribution in [0.1, 0.15) is 16.6 Å². The predicted molar refractivity (Wildman–Crippen MR) is 42.5 cm³/mol. The second kappa shape index (κ2) is 2.35. The molecule has 46 valence electrons. The summed E-state index contributed by atoms with van der Waals surface area (Å²) in [7, 11) is 2.00. The first-order valence-corrected chi connectivity index (χ1v) is 3.59. The maximum absolute atomic E-state index is 10.7. The van der Waals surface area contributed by atoms with Gasteiger partial charge in [-0.05, 0) is 17.8 Å². The van der Waals surface area contributed by atoms with E-state index in [2.05, 4.69) is 0 Å². The lowest BCUT2D eigenvalue weighted by atomic mass is 10.1. The summed E-state index contributed by atoms with van der Waals surface area (Å²) in [5.41, 5.74) is 0. The Balaban J connectivity index is 2.98. The molecule has 1 aromatic heterocycles. The van der Waals surface area contributed by atoms with Gasteiger partial charge in [0, 0.05) is 0 Å². The smallest absolute Gasteiger partial charge is 0.169 e. The molecule has 9 heavy (non-hydrogen) atoms. The number of rotatable bonds is 1. The third kappa shape index (κ3) is 1.42. The van der Waals surface area contributed by atoms with Crippen molar-refractivity contribution >= 4 is 29.7 Å². The van der Waals surface area contributed by atoms with E-state index in [-0.39, 0.29) is 5.78 Å². The molecule has 0 amide bonds. The lowest BCUT2D eigenvalue weighted by molar-refractivity contribution is 0.102. The van der Waals surface area contributed by atoms with Crippen molar-refractivity contribution in [2.75, 3.05) is 0 Å². The van der Waals surface area contributed by atoms with Crippen LogP contribution in [0.25, 0.3) is 0 Å². The Morgan fingerprint density at radius 2 is 2.33 bits per heavy atom. The number of Topliss-reactive ketones (excluding diaryl/α,β-unsaturated/α-hetero) is 1. The Hall–Kier alpha value is -0.565. The van der Waals surface area contributed by atoms with Gasteiger partial charge in [-0.2, -0.15) is 0 Å². The monoisotopic (exact) mass is 138 g/mol. The van der Waals surface area contributed by atoms with Crippen LogP contribution in [0.4, 0.5) is 0 Å². The fourth-order valence-electron chi connectivity index (χ4n) is 0.624. The fraction of sp³-hybridized carbons (Fsp3) is 0.167. The summed E-state index contributed by atoms with van der Waals surface area (Å²) >= 11 is 1.55. The summed E-state index contributed by atoms with van der Waals surface area (Å²) in [6, 6.07) is 3.82. The Morgan fingerprint density at radius 1 is 1.67 bits per heavy atom. The van der Waals surface area contributed by atoms with E-state index in [4.69, 9.17) is 0 Å². The molecule has 0 radical (unpaired) electrons. The lowest BCUT2D eigenvalue weighted by Crippen LogP contribution is -1.90. The van der Waals surface area contributed by atoms with Gasteiger partial charge in [0.15, 0.2) is 13.6 Å². The first kappa shape index (κ1) is 6.55. The molecular formula is C6H7BOS. The average molecular weight is 138 g/mol. The number of carbonyl (C=O) groups excluding carboxylic acids is 1. The molecule has 0 fully saturated rings. The Kier molecular flexibility index (Phi) is 1.71. The molecule has 3 heteroatoms. The van der Waals surface area contributed by atoms with Crippen molar-refractivity contribution in [2.45, 2.75) is 6.92 Å². The minimum Gasteiger partial charge on any atom is -0.294 e. The first-order chi connectivity index (χ1) is 4.20. The van der Waals surface area contributed by atoms with E-state index in [1.165, 1.54) is 4.78 Å².